The summed E-state index contributed by atoms with van der Waals surface area (Å²) in [5.41, 5.74) is 3.61. The molecule has 0 amide bonds. The van der Waals surface area contributed by atoms with E-state index >= 15 is 0 Å². The summed E-state index contributed by atoms with van der Waals surface area (Å²) in [6.07, 6.45) is 0. The fourth-order valence-electron chi connectivity index (χ4n) is 3.15. The highest BCUT2D eigenvalue weighted by atomic mass is 35.5. The lowest BCUT2D eigenvalue weighted by molar-refractivity contribution is 0.0429. The van der Waals surface area contributed by atoms with E-state index in [-0.39, 0.29) is 23.2 Å². The maximum atomic E-state index is 12.7. The van der Waals surface area contributed by atoms with E-state index in [1.54, 1.807) is 24.8 Å². The summed E-state index contributed by atoms with van der Waals surface area (Å²) in [4.78, 5) is 16.9. The molecule has 0 aliphatic carbocycles. The van der Waals surface area contributed by atoms with Crippen LogP contribution in [0.15, 0.2) is 53.1 Å². The second-order valence-electron chi connectivity index (χ2n) is 7.21. The smallest absolute Gasteiger partial charge is 0.343 e. The Bertz CT molecular complexity index is 1250. The first-order valence-corrected chi connectivity index (χ1v) is 10.2. The van der Waals surface area contributed by atoms with Crippen LogP contribution in [0.3, 0.4) is 0 Å². The van der Waals surface area contributed by atoms with Crippen molar-refractivity contribution in [3.8, 4) is 17.1 Å². The normalized spacial score (nSPS) is 10.9. The standard InChI is InChI=1S/C23H21ClN4O4/c1-14-7-9-16(10-8-14)12-28-21(24)20(15(2)26-28)23(29)31-13-19-25-22(27-32-19)17-5-4-6-18(11-17)30-3/h4-11H,12-13H2,1-3H3. The van der Waals surface area contributed by atoms with Gasteiger partial charge in [-0.15, -0.1) is 0 Å². The Kier molecular flexibility index (Phi) is 6.23. The zero-order valence-corrected chi connectivity index (χ0v) is 18.6. The predicted molar refractivity (Wildman–Crippen MR) is 118 cm³/mol. The molecular weight excluding hydrogens is 432 g/mol. The molecule has 0 saturated heterocycles. The number of nitrogens with zero attached hydrogens (tertiary/aromatic N) is 4. The van der Waals surface area contributed by atoms with Crippen LogP contribution in [-0.2, 0) is 17.9 Å². The third-order valence-corrected chi connectivity index (χ3v) is 5.23. The Balaban J connectivity index is 1.44. The van der Waals surface area contributed by atoms with Crippen molar-refractivity contribution in [3.63, 3.8) is 0 Å². The zero-order valence-electron chi connectivity index (χ0n) is 17.8. The van der Waals surface area contributed by atoms with Crippen molar-refractivity contribution in [2.75, 3.05) is 7.11 Å². The number of hydrogen-bond acceptors (Lipinski definition) is 7. The third-order valence-electron chi connectivity index (χ3n) is 4.85. The van der Waals surface area contributed by atoms with Crippen LogP contribution in [0.2, 0.25) is 5.15 Å². The fourth-order valence-corrected chi connectivity index (χ4v) is 3.46. The van der Waals surface area contributed by atoms with Crippen LogP contribution >= 0.6 is 11.6 Å². The molecule has 2 aromatic carbocycles. The number of esters is 1. The van der Waals surface area contributed by atoms with Crippen LogP contribution in [0.25, 0.3) is 11.4 Å². The molecule has 0 N–H and O–H groups in total. The maximum Gasteiger partial charge on any atom is 0.343 e. The highest BCUT2D eigenvalue weighted by Crippen LogP contribution is 2.24. The molecule has 0 fully saturated rings. The molecule has 0 radical (unpaired) electrons. The van der Waals surface area contributed by atoms with Gasteiger partial charge in [-0.05, 0) is 31.5 Å². The highest BCUT2D eigenvalue weighted by Gasteiger charge is 2.23. The monoisotopic (exact) mass is 452 g/mol. The number of hydrogen-bond donors (Lipinski definition) is 0. The number of carbonyl (C=O) groups excluding carboxylic acids is 1. The lowest BCUT2D eigenvalue weighted by atomic mass is 10.1. The van der Waals surface area contributed by atoms with Crippen molar-refractivity contribution in [2.45, 2.75) is 27.0 Å². The molecule has 32 heavy (non-hydrogen) atoms. The Hall–Kier alpha value is -3.65. The minimum atomic E-state index is -0.608. The maximum absolute atomic E-state index is 12.7. The summed E-state index contributed by atoms with van der Waals surface area (Å²) in [5, 5.41) is 8.53. The molecule has 0 spiro atoms. The molecule has 0 bridgehead atoms. The first-order valence-electron chi connectivity index (χ1n) is 9.87. The van der Waals surface area contributed by atoms with E-state index < -0.39 is 5.97 Å². The van der Waals surface area contributed by atoms with Crippen molar-refractivity contribution in [3.05, 3.63) is 82.0 Å². The Morgan fingerprint density at radius 2 is 1.94 bits per heavy atom. The van der Waals surface area contributed by atoms with E-state index in [1.807, 2.05) is 49.4 Å². The lowest BCUT2D eigenvalue weighted by Crippen LogP contribution is -2.07. The van der Waals surface area contributed by atoms with E-state index in [1.165, 1.54) is 0 Å². The summed E-state index contributed by atoms with van der Waals surface area (Å²) in [6, 6.07) is 15.3. The largest absolute Gasteiger partial charge is 0.497 e. The molecule has 2 heterocycles. The fraction of sp³-hybridized carbons (Fsp3) is 0.217. The lowest BCUT2D eigenvalue weighted by Gasteiger charge is -2.05. The van der Waals surface area contributed by atoms with E-state index in [2.05, 4.69) is 15.2 Å². The first kappa shape index (κ1) is 21.6. The second-order valence-corrected chi connectivity index (χ2v) is 7.57. The Labute approximate surface area is 189 Å². The van der Waals surface area contributed by atoms with E-state index in [4.69, 9.17) is 25.6 Å². The predicted octanol–water partition coefficient (Wildman–Crippen LogP) is 4.62. The van der Waals surface area contributed by atoms with Gasteiger partial charge >= 0.3 is 5.97 Å². The molecular formula is C23H21ClN4O4. The molecule has 8 nitrogen and oxygen atoms in total. The number of aryl methyl sites for hydroxylation is 2. The zero-order chi connectivity index (χ0) is 22.7. The molecule has 2 aromatic heterocycles. The summed E-state index contributed by atoms with van der Waals surface area (Å²) >= 11 is 6.44. The van der Waals surface area contributed by atoms with Gasteiger partial charge < -0.3 is 14.0 Å². The molecule has 0 saturated carbocycles. The van der Waals surface area contributed by atoms with Gasteiger partial charge in [-0.25, -0.2) is 9.48 Å². The molecule has 4 rings (SSSR count). The number of ether oxygens (including phenoxy) is 2. The van der Waals surface area contributed by atoms with Gasteiger partial charge in [0.05, 0.1) is 19.3 Å². The van der Waals surface area contributed by atoms with Crippen molar-refractivity contribution in [2.24, 2.45) is 0 Å². The third kappa shape index (κ3) is 4.65. The van der Waals surface area contributed by atoms with Crippen molar-refractivity contribution >= 4 is 17.6 Å². The topological polar surface area (TPSA) is 92.3 Å². The first-order chi connectivity index (χ1) is 15.4. The Morgan fingerprint density at radius 3 is 2.69 bits per heavy atom. The molecule has 164 valence electrons. The SMILES string of the molecule is COc1cccc(-c2noc(COC(=O)c3c(C)nn(Cc4ccc(C)cc4)c3Cl)n2)c1. The molecule has 0 unspecified atom stereocenters. The van der Waals surface area contributed by atoms with Gasteiger partial charge in [0.15, 0.2) is 6.61 Å². The van der Waals surface area contributed by atoms with Crippen LogP contribution in [0.4, 0.5) is 0 Å². The van der Waals surface area contributed by atoms with Gasteiger partial charge in [0.2, 0.25) is 5.82 Å². The van der Waals surface area contributed by atoms with Gasteiger partial charge in [0.25, 0.3) is 5.89 Å². The number of halogens is 1. The minimum Gasteiger partial charge on any atom is -0.497 e. The quantitative estimate of drug-likeness (QED) is 0.378. The van der Waals surface area contributed by atoms with E-state index in [9.17, 15) is 4.79 Å². The van der Waals surface area contributed by atoms with E-state index in [0.717, 1.165) is 16.7 Å². The average molecular weight is 453 g/mol. The van der Waals surface area contributed by atoms with Crippen molar-refractivity contribution < 1.29 is 18.8 Å². The van der Waals surface area contributed by atoms with Gasteiger partial charge in [-0.3, -0.25) is 0 Å². The van der Waals surface area contributed by atoms with Gasteiger partial charge in [-0.2, -0.15) is 10.1 Å². The van der Waals surface area contributed by atoms with Crippen LogP contribution < -0.4 is 4.74 Å². The minimum absolute atomic E-state index is 0.164. The van der Waals surface area contributed by atoms with Crippen molar-refractivity contribution in [1.29, 1.82) is 0 Å². The van der Waals surface area contributed by atoms with Gasteiger partial charge in [-0.1, -0.05) is 58.7 Å². The number of benzene rings is 2. The van der Waals surface area contributed by atoms with Gasteiger partial charge in [0, 0.05) is 5.56 Å². The van der Waals surface area contributed by atoms with Crippen molar-refractivity contribution in [1.82, 2.24) is 19.9 Å². The molecule has 4 aromatic rings. The molecule has 0 aliphatic heterocycles. The number of carbonyl (C=O) groups is 1. The summed E-state index contributed by atoms with van der Waals surface area (Å²) in [5.74, 6) is 0.601. The van der Waals surface area contributed by atoms with E-state index in [0.29, 0.717) is 23.8 Å². The Morgan fingerprint density at radius 1 is 1.16 bits per heavy atom. The molecule has 0 atom stereocenters. The highest BCUT2D eigenvalue weighted by molar-refractivity contribution is 6.32. The molecule has 9 heteroatoms. The second kappa shape index (κ2) is 9.23. The number of rotatable bonds is 7. The summed E-state index contributed by atoms with van der Waals surface area (Å²) < 4.78 is 17.3. The summed E-state index contributed by atoms with van der Waals surface area (Å²) in [6.45, 7) is 3.99. The van der Waals surface area contributed by atoms with Crippen LogP contribution in [0, 0.1) is 13.8 Å². The van der Waals surface area contributed by atoms with Crippen LogP contribution in [-0.4, -0.2) is 33.0 Å². The number of aromatic nitrogens is 4. The van der Waals surface area contributed by atoms with Crippen LogP contribution in [0.5, 0.6) is 5.75 Å². The number of methoxy groups -OCH3 is 1. The summed E-state index contributed by atoms with van der Waals surface area (Å²) in [7, 11) is 1.58. The van der Waals surface area contributed by atoms with Crippen LogP contribution in [0.1, 0.15) is 33.1 Å². The average Bonchev–Trinajstić information content (AvgIpc) is 3.38. The molecule has 0 aliphatic rings. The van der Waals surface area contributed by atoms with Gasteiger partial charge in [0.1, 0.15) is 16.5 Å².